The summed E-state index contributed by atoms with van der Waals surface area (Å²) in [5, 5.41) is 11.8. The molecular weight excluding hydrogens is 198 g/mol. The Labute approximate surface area is 83.1 Å². The zero-order valence-corrected chi connectivity index (χ0v) is 7.82. The molecule has 3 aromatic rings. The normalized spacial score (nSPS) is 10.9. The molecule has 68 valence electrons. The number of nitrogens with one attached hydrogen (secondary N) is 1. The Morgan fingerprint density at radius 1 is 1.29 bits per heavy atom. The van der Waals surface area contributed by atoms with Gasteiger partial charge in [-0.1, -0.05) is 4.49 Å². The van der Waals surface area contributed by atoms with E-state index in [1.54, 1.807) is 6.20 Å². The molecule has 0 bridgehead atoms. The van der Waals surface area contributed by atoms with Crippen molar-refractivity contribution in [3.05, 3.63) is 24.4 Å². The van der Waals surface area contributed by atoms with Crippen molar-refractivity contribution in [3.63, 3.8) is 0 Å². The average molecular weight is 203 g/mol. The minimum Gasteiger partial charge on any atom is -0.278 e. The molecule has 0 radical (unpaired) electrons. The van der Waals surface area contributed by atoms with Crippen LogP contribution in [0, 0.1) is 0 Å². The second kappa shape index (κ2) is 2.85. The van der Waals surface area contributed by atoms with Crippen molar-refractivity contribution in [3.8, 4) is 11.4 Å². The van der Waals surface area contributed by atoms with E-state index in [2.05, 4.69) is 24.2 Å². The van der Waals surface area contributed by atoms with Crippen LogP contribution in [0.2, 0.25) is 0 Å². The lowest BCUT2D eigenvalue weighted by atomic mass is 10.1. The number of hydrogen-bond donors (Lipinski definition) is 1. The van der Waals surface area contributed by atoms with Gasteiger partial charge in [-0.2, -0.15) is 9.47 Å². The van der Waals surface area contributed by atoms with E-state index in [1.165, 1.54) is 0 Å². The zero-order valence-electron chi connectivity index (χ0n) is 7.01. The third-order valence-electron chi connectivity index (χ3n) is 2.00. The first-order chi connectivity index (χ1) is 6.93. The summed E-state index contributed by atoms with van der Waals surface area (Å²) in [5.74, 6) is 0.665. The minimum atomic E-state index is 0.665. The summed E-state index contributed by atoms with van der Waals surface area (Å²) in [6.07, 6.45) is 1.78. The topological polar surface area (TPSA) is 67.3 Å². The number of H-pyrrole nitrogens is 1. The maximum absolute atomic E-state index is 4.07. The van der Waals surface area contributed by atoms with E-state index in [0.717, 1.165) is 28.2 Å². The Morgan fingerprint density at radius 2 is 2.29 bits per heavy atom. The van der Waals surface area contributed by atoms with Crippen LogP contribution >= 0.6 is 11.7 Å². The van der Waals surface area contributed by atoms with Crippen LogP contribution in [0.15, 0.2) is 24.4 Å². The molecule has 1 aromatic carbocycles. The largest absolute Gasteiger partial charge is 0.278 e. The molecule has 3 rings (SSSR count). The molecule has 0 saturated carbocycles. The first-order valence-electron chi connectivity index (χ1n) is 4.02. The third kappa shape index (κ3) is 1.08. The van der Waals surface area contributed by atoms with Gasteiger partial charge in [-0.25, -0.2) is 0 Å². The van der Waals surface area contributed by atoms with Crippen molar-refractivity contribution in [2.24, 2.45) is 0 Å². The van der Waals surface area contributed by atoms with Gasteiger partial charge < -0.3 is 0 Å². The van der Waals surface area contributed by atoms with E-state index in [0.29, 0.717) is 5.82 Å². The van der Waals surface area contributed by atoms with Gasteiger partial charge in [0.05, 0.1) is 23.4 Å². The van der Waals surface area contributed by atoms with Crippen LogP contribution in [0.4, 0.5) is 0 Å². The number of aromatic amines is 1. The van der Waals surface area contributed by atoms with Crippen molar-refractivity contribution < 1.29 is 0 Å². The van der Waals surface area contributed by atoms with Gasteiger partial charge in [0, 0.05) is 10.9 Å². The van der Waals surface area contributed by atoms with Crippen LogP contribution in [-0.2, 0) is 0 Å². The molecule has 2 heterocycles. The van der Waals surface area contributed by atoms with Crippen LogP contribution < -0.4 is 0 Å². The van der Waals surface area contributed by atoms with E-state index in [-0.39, 0.29) is 0 Å². The predicted octanol–water partition coefficient (Wildman–Crippen LogP) is 1.48. The van der Waals surface area contributed by atoms with Gasteiger partial charge in [0.15, 0.2) is 5.82 Å². The molecule has 2 aromatic heterocycles. The predicted molar refractivity (Wildman–Crippen MR) is 52.8 cm³/mol. The molecular formula is C8H5N5S. The summed E-state index contributed by atoms with van der Waals surface area (Å²) in [5.41, 5.74) is 1.98. The lowest BCUT2D eigenvalue weighted by Gasteiger charge is -1.93. The van der Waals surface area contributed by atoms with E-state index >= 15 is 0 Å². The summed E-state index contributed by atoms with van der Waals surface area (Å²) >= 11 is 1.11. The maximum atomic E-state index is 4.07. The summed E-state index contributed by atoms with van der Waals surface area (Å²) < 4.78 is 7.79. The Kier molecular flexibility index (Phi) is 1.54. The van der Waals surface area contributed by atoms with Crippen LogP contribution in [0.1, 0.15) is 0 Å². The number of rotatable bonds is 1. The molecule has 0 amide bonds. The van der Waals surface area contributed by atoms with Gasteiger partial charge in [0.2, 0.25) is 0 Å². The number of nitrogens with zero attached hydrogens (tertiary/aromatic N) is 4. The number of benzene rings is 1. The van der Waals surface area contributed by atoms with Crippen molar-refractivity contribution in [2.75, 3.05) is 0 Å². The second-order valence-corrected chi connectivity index (χ2v) is 3.36. The zero-order chi connectivity index (χ0) is 9.38. The van der Waals surface area contributed by atoms with Gasteiger partial charge in [-0.3, -0.25) is 5.10 Å². The molecule has 0 spiro atoms. The van der Waals surface area contributed by atoms with Crippen LogP contribution in [-0.4, -0.2) is 24.2 Å². The molecule has 6 heteroatoms. The SMILES string of the molecule is c1cc2[nH]ncc2cc1-c1nnsn1. The first kappa shape index (κ1) is 7.57. The highest BCUT2D eigenvalue weighted by molar-refractivity contribution is 6.99. The lowest BCUT2D eigenvalue weighted by molar-refractivity contribution is 1.12. The van der Waals surface area contributed by atoms with Crippen LogP contribution in [0.5, 0.6) is 0 Å². The highest BCUT2D eigenvalue weighted by atomic mass is 32.1. The van der Waals surface area contributed by atoms with Gasteiger partial charge in [-0.15, -0.1) is 5.10 Å². The minimum absolute atomic E-state index is 0.665. The summed E-state index contributed by atoms with van der Waals surface area (Å²) in [6.45, 7) is 0. The van der Waals surface area contributed by atoms with E-state index in [1.807, 2.05) is 18.2 Å². The second-order valence-electron chi connectivity index (χ2n) is 2.85. The van der Waals surface area contributed by atoms with E-state index in [9.17, 15) is 0 Å². The molecule has 0 unspecified atom stereocenters. The number of hydrogen-bond acceptors (Lipinski definition) is 5. The Hall–Kier alpha value is -1.82. The standard InChI is InChI=1S/C8H5N5S/c1-2-7-6(4-9-10-7)3-5(1)8-11-13-14-12-8/h1-4H,(H,9,10). The highest BCUT2D eigenvalue weighted by Crippen LogP contribution is 2.19. The molecule has 1 N–H and O–H groups in total. The molecule has 0 atom stereocenters. The van der Waals surface area contributed by atoms with Crippen LogP contribution in [0.3, 0.4) is 0 Å². The average Bonchev–Trinajstić information content (AvgIpc) is 2.88. The van der Waals surface area contributed by atoms with E-state index in [4.69, 9.17) is 0 Å². The Balaban J connectivity index is 2.23. The number of aromatic nitrogens is 5. The third-order valence-corrected chi connectivity index (χ3v) is 2.41. The number of fused-ring (bicyclic) bond motifs is 1. The first-order valence-corrected chi connectivity index (χ1v) is 4.75. The van der Waals surface area contributed by atoms with E-state index < -0.39 is 0 Å². The van der Waals surface area contributed by atoms with Crippen molar-refractivity contribution in [1.29, 1.82) is 0 Å². The Morgan fingerprint density at radius 3 is 3.14 bits per heavy atom. The smallest absolute Gasteiger partial charge is 0.196 e. The molecule has 0 saturated heterocycles. The molecule has 5 nitrogen and oxygen atoms in total. The molecule has 14 heavy (non-hydrogen) atoms. The fraction of sp³-hybridized carbons (Fsp3) is 0. The van der Waals surface area contributed by atoms with Gasteiger partial charge >= 0.3 is 0 Å². The molecule has 0 aliphatic rings. The maximum Gasteiger partial charge on any atom is 0.196 e. The van der Waals surface area contributed by atoms with Gasteiger partial charge in [0.25, 0.3) is 0 Å². The molecule has 0 aliphatic carbocycles. The van der Waals surface area contributed by atoms with Gasteiger partial charge in [-0.05, 0) is 18.2 Å². The summed E-state index contributed by atoms with van der Waals surface area (Å²) in [7, 11) is 0. The fourth-order valence-corrected chi connectivity index (χ4v) is 1.69. The van der Waals surface area contributed by atoms with Crippen molar-refractivity contribution in [2.45, 2.75) is 0 Å². The fourth-order valence-electron chi connectivity index (χ4n) is 1.32. The lowest BCUT2D eigenvalue weighted by Crippen LogP contribution is -1.80. The van der Waals surface area contributed by atoms with Crippen molar-refractivity contribution in [1.82, 2.24) is 24.2 Å². The van der Waals surface area contributed by atoms with Crippen molar-refractivity contribution >= 4 is 22.6 Å². The van der Waals surface area contributed by atoms with Crippen LogP contribution in [0.25, 0.3) is 22.3 Å². The monoisotopic (exact) mass is 203 g/mol. The summed E-state index contributed by atoms with van der Waals surface area (Å²) in [4.78, 5) is 0. The molecule has 0 aliphatic heterocycles. The summed E-state index contributed by atoms with van der Waals surface area (Å²) in [6, 6.07) is 5.89. The molecule has 0 fully saturated rings. The van der Waals surface area contributed by atoms with Gasteiger partial charge in [0.1, 0.15) is 0 Å². The highest BCUT2D eigenvalue weighted by Gasteiger charge is 2.04. The Bertz CT molecular complexity index is 556. The quantitative estimate of drug-likeness (QED) is 0.650.